The van der Waals surface area contributed by atoms with E-state index in [1.54, 1.807) is 0 Å². The number of carboxylic acids is 1. The number of carboxylic acid groups (broad SMARTS) is 1. The number of nitrogens with two attached hydrogens (primary N) is 1. The van der Waals surface area contributed by atoms with Crippen LogP contribution < -0.4 is 5.73 Å². The summed E-state index contributed by atoms with van der Waals surface area (Å²) in [5.74, 6) is -0.754. The van der Waals surface area contributed by atoms with Crippen LogP contribution in [-0.4, -0.2) is 41.1 Å². The molecule has 0 radical (unpaired) electrons. The summed E-state index contributed by atoms with van der Waals surface area (Å²) in [5.41, 5.74) is 5.81. The second-order valence-corrected chi connectivity index (χ2v) is 4.40. The van der Waals surface area contributed by atoms with Crippen LogP contribution >= 0.6 is 0 Å². The number of aliphatic carboxylic acids is 1. The molecule has 3 N–H and O–H groups in total. The van der Waals surface area contributed by atoms with E-state index in [0.29, 0.717) is 6.54 Å². The Kier molecular flexibility index (Phi) is 4.54. The molecule has 0 aromatic rings. The maximum atomic E-state index is 10.8. The Morgan fingerprint density at radius 3 is 2.40 bits per heavy atom. The van der Waals surface area contributed by atoms with Crippen LogP contribution in [0.5, 0.6) is 0 Å². The molecule has 0 amide bonds. The summed E-state index contributed by atoms with van der Waals surface area (Å²) in [4.78, 5) is 12.8. The van der Waals surface area contributed by atoms with E-state index in [4.69, 9.17) is 10.8 Å². The summed E-state index contributed by atoms with van der Waals surface area (Å²) in [7, 11) is 0. The first-order valence-corrected chi connectivity index (χ1v) is 5.81. The predicted octanol–water partition coefficient (Wildman–Crippen LogP) is 1.05. The topological polar surface area (TPSA) is 66.6 Å². The van der Waals surface area contributed by atoms with Crippen LogP contribution in [0.3, 0.4) is 0 Å². The normalized spacial score (nSPS) is 20.5. The van der Waals surface area contributed by atoms with Gasteiger partial charge >= 0.3 is 5.97 Å². The Morgan fingerprint density at radius 2 is 2.00 bits per heavy atom. The van der Waals surface area contributed by atoms with Gasteiger partial charge < -0.3 is 10.8 Å². The molecule has 0 aromatic heterocycles. The fourth-order valence-corrected chi connectivity index (χ4v) is 2.64. The molecule has 15 heavy (non-hydrogen) atoms. The highest BCUT2D eigenvalue weighted by molar-refractivity contribution is 5.69. The molecule has 0 aliphatic heterocycles. The summed E-state index contributed by atoms with van der Waals surface area (Å²) < 4.78 is 0. The minimum Gasteiger partial charge on any atom is -0.480 e. The van der Waals surface area contributed by atoms with Crippen molar-refractivity contribution in [3.05, 3.63) is 0 Å². The molecule has 88 valence electrons. The molecule has 4 heteroatoms. The minimum atomic E-state index is -0.754. The third-order valence-corrected chi connectivity index (χ3v) is 3.54. The van der Waals surface area contributed by atoms with Crippen molar-refractivity contribution in [1.29, 1.82) is 0 Å². The molecule has 0 atom stereocenters. The molecule has 1 fully saturated rings. The van der Waals surface area contributed by atoms with Crippen molar-refractivity contribution >= 4 is 5.97 Å². The lowest BCUT2D eigenvalue weighted by Gasteiger charge is -2.45. The lowest BCUT2D eigenvalue weighted by atomic mass is 9.80. The number of carbonyl (C=O) groups is 1. The van der Waals surface area contributed by atoms with Crippen molar-refractivity contribution in [2.75, 3.05) is 19.6 Å². The van der Waals surface area contributed by atoms with E-state index >= 15 is 0 Å². The fourth-order valence-electron chi connectivity index (χ4n) is 2.64. The van der Waals surface area contributed by atoms with E-state index in [1.807, 2.05) is 11.8 Å². The Bertz CT molecular complexity index is 213. The van der Waals surface area contributed by atoms with Gasteiger partial charge in [-0.1, -0.05) is 26.2 Å². The monoisotopic (exact) mass is 214 g/mol. The summed E-state index contributed by atoms with van der Waals surface area (Å²) in [6, 6.07) is 0. The SMILES string of the molecule is CCN(CC(=O)O)C1(CN)CCCCC1. The molecular weight excluding hydrogens is 192 g/mol. The Hall–Kier alpha value is -0.610. The highest BCUT2D eigenvalue weighted by atomic mass is 16.4. The largest absolute Gasteiger partial charge is 0.480 e. The van der Waals surface area contributed by atoms with Crippen molar-refractivity contribution in [1.82, 2.24) is 4.90 Å². The van der Waals surface area contributed by atoms with Crippen LogP contribution in [0.15, 0.2) is 0 Å². The minimum absolute atomic E-state index is 0.0502. The molecule has 0 spiro atoms. The third-order valence-electron chi connectivity index (χ3n) is 3.54. The van der Waals surface area contributed by atoms with Crippen LogP contribution in [0.25, 0.3) is 0 Å². The zero-order valence-corrected chi connectivity index (χ0v) is 9.54. The van der Waals surface area contributed by atoms with Crippen molar-refractivity contribution in [3.63, 3.8) is 0 Å². The van der Waals surface area contributed by atoms with Gasteiger partial charge in [-0.05, 0) is 19.4 Å². The molecular formula is C11H22N2O2. The van der Waals surface area contributed by atoms with Crippen LogP contribution in [-0.2, 0) is 4.79 Å². The highest BCUT2D eigenvalue weighted by Gasteiger charge is 2.36. The fraction of sp³-hybridized carbons (Fsp3) is 0.909. The van der Waals surface area contributed by atoms with Crippen molar-refractivity contribution in [3.8, 4) is 0 Å². The molecule has 0 saturated heterocycles. The van der Waals surface area contributed by atoms with Gasteiger partial charge in [0, 0.05) is 12.1 Å². The zero-order valence-electron chi connectivity index (χ0n) is 9.54. The van der Waals surface area contributed by atoms with E-state index in [2.05, 4.69) is 0 Å². The molecule has 0 bridgehead atoms. The Morgan fingerprint density at radius 1 is 1.40 bits per heavy atom. The first-order valence-electron chi connectivity index (χ1n) is 5.81. The Balaban J connectivity index is 2.71. The summed E-state index contributed by atoms with van der Waals surface area (Å²) in [5, 5.41) is 8.87. The van der Waals surface area contributed by atoms with Gasteiger partial charge in [-0.15, -0.1) is 0 Å². The van der Waals surface area contributed by atoms with Crippen LogP contribution in [0.2, 0.25) is 0 Å². The second kappa shape index (κ2) is 5.47. The molecule has 1 aliphatic carbocycles. The van der Waals surface area contributed by atoms with Gasteiger partial charge in [0.1, 0.15) is 0 Å². The molecule has 0 heterocycles. The van der Waals surface area contributed by atoms with E-state index in [9.17, 15) is 4.79 Å². The summed E-state index contributed by atoms with van der Waals surface area (Å²) >= 11 is 0. The van der Waals surface area contributed by atoms with Crippen LogP contribution in [0, 0.1) is 0 Å². The maximum Gasteiger partial charge on any atom is 0.317 e. The number of hydrogen-bond acceptors (Lipinski definition) is 3. The molecule has 4 nitrogen and oxygen atoms in total. The van der Waals surface area contributed by atoms with E-state index in [1.165, 1.54) is 19.3 Å². The van der Waals surface area contributed by atoms with Crippen LogP contribution in [0.4, 0.5) is 0 Å². The van der Waals surface area contributed by atoms with Gasteiger partial charge in [-0.3, -0.25) is 9.69 Å². The molecule has 1 saturated carbocycles. The van der Waals surface area contributed by atoms with Gasteiger partial charge in [-0.25, -0.2) is 0 Å². The van der Waals surface area contributed by atoms with E-state index in [0.717, 1.165) is 19.4 Å². The molecule has 1 aliphatic rings. The second-order valence-electron chi connectivity index (χ2n) is 4.40. The number of nitrogens with zero attached hydrogens (tertiary/aromatic N) is 1. The maximum absolute atomic E-state index is 10.8. The average Bonchev–Trinajstić information content (AvgIpc) is 2.26. The first kappa shape index (κ1) is 12.5. The molecule has 0 unspecified atom stereocenters. The summed E-state index contributed by atoms with van der Waals surface area (Å²) in [6.07, 6.45) is 5.70. The van der Waals surface area contributed by atoms with Crippen LogP contribution in [0.1, 0.15) is 39.0 Å². The van der Waals surface area contributed by atoms with Crippen molar-refractivity contribution in [2.24, 2.45) is 5.73 Å². The van der Waals surface area contributed by atoms with Crippen molar-refractivity contribution in [2.45, 2.75) is 44.6 Å². The highest BCUT2D eigenvalue weighted by Crippen LogP contribution is 2.32. The van der Waals surface area contributed by atoms with Gasteiger partial charge in [0.15, 0.2) is 0 Å². The van der Waals surface area contributed by atoms with Gasteiger partial charge in [0.25, 0.3) is 0 Å². The predicted molar refractivity (Wildman–Crippen MR) is 59.8 cm³/mol. The average molecular weight is 214 g/mol. The number of likely N-dealkylation sites (N-methyl/N-ethyl adjacent to an activating group) is 1. The Labute approximate surface area is 91.4 Å². The van der Waals surface area contributed by atoms with Gasteiger partial charge in [0.2, 0.25) is 0 Å². The summed E-state index contributed by atoms with van der Waals surface area (Å²) in [6.45, 7) is 3.47. The number of rotatable bonds is 5. The molecule has 0 aromatic carbocycles. The first-order chi connectivity index (χ1) is 7.14. The van der Waals surface area contributed by atoms with E-state index < -0.39 is 5.97 Å². The van der Waals surface area contributed by atoms with Crippen molar-refractivity contribution < 1.29 is 9.90 Å². The quantitative estimate of drug-likeness (QED) is 0.718. The zero-order chi connectivity index (χ0) is 11.3. The van der Waals surface area contributed by atoms with E-state index in [-0.39, 0.29) is 12.1 Å². The smallest absolute Gasteiger partial charge is 0.317 e. The lowest BCUT2D eigenvalue weighted by Crippen LogP contribution is -2.56. The lowest BCUT2D eigenvalue weighted by molar-refractivity contribution is -0.140. The van der Waals surface area contributed by atoms with Gasteiger partial charge in [-0.2, -0.15) is 0 Å². The van der Waals surface area contributed by atoms with Gasteiger partial charge in [0.05, 0.1) is 6.54 Å². The standard InChI is InChI=1S/C11H22N2O2/c1-2-13(8-10(14)15)11(9-12)6-4-3-5-7-11/h2-9,12H2,1H3,(H,14,15). The molecule has 1 rings (SSSR count). The third kappa shape index (κ3) is 2.92. The number of hydrogen-bond donors (Lipinski definition) is 2.